The molecule has 34 heavy (non-hydrogen) atoms. The van der Waals surface area contributed by atoms with Crippen LogP contribution in [0.4, 0.5) is 18.9 Å². The first-order valence-electron chi connectivity index (χ1n) is 10.6. The van der Waals surface area contributed by atoms with E-state index in [4.69, 9.17) is 23.2 Å². The molecule has 10 heteroatoms. The summed E-state index contributed by atoms with van der Waals surface area (Å²) in [5.74, 6) is 0.469. The molecule has 5 nitrogen and oxygen atoms in total. The maximum atomic E-state index is 13.2. The van der Waals surface area contributed by atoms with Crippen LogP contribution in [0.1, 0.15) is 57.6 Å². The van der Waals surface area contributed by atoms with Crippen molar-refractivity contribution < 1.29 is 13.2 Å². The second-order valence-electron chi connectivity index (χ2n) is 9.61. The van der Waals surface area contributed by atoms with Gasteiger partial charge in [-0.05, 0) is 65.6 Å². The first-order chi connectivity index (χ1) is 15.7. The summed E-state index contributed by atoms with van der Waals surface area (Å²) in [5, 5.41) is 16.5. The van der Waals surface area contributed by atoms with E-state index < -0.39 is 17.3 Å². The minimum absolute atomic E-state index is 0.285. The first kappa shape index (κ1) is 26.0. The van der Waals surface area contributed by atoms with Crippen LogP contribution < -0.4 is 5.32 Å². The Hall–Kier alpha value is -2.58. The first-order valence-corrected chi connectivity index (χ1v) is 11.3. The minimum atomic E-state index is -4.44. The summed E-state index contributed by atoms with van der Waals surface area (Å²) in [4.78, 5) is 0. The van der Waals surface area contributed by atoms with Crippen molar-refractivity contribution in [1.82, 2.24) is 20.2 Å². The fourth-order valence-corrected chi connectivity index (χ4v) is 4.02. The maximum absolute atomic E-state index is 13.2. The summed E-state index contributed by atoms with van der Waals surface area (Å²) in [5.41, 5.74) is -0.820. The zero-order valence-electron chi connectivity index (χ0n) is 19.5. The molecule has 182 valence electrons. The molecule has 0 bridgehead atoms. The molecule has 0 aliphatic carbocycles. The second-order valence-corrected chi connectivity index (χ2v) is 10.5. The van der Waals surface area contributed by atoms with Gasteiger partial charge < -0.3 is 5.32 Å². The van der Waals surface area contributed by atoms with Gasteiger partial charge in [0.15, 0.2) is 5.82 Å². The van der Waals surface area contributed by atoms with E-state index in [1.807, 2.05) is 52.8 Å². The van der Waals surface area contributed by atoms with Crippen LogP contribution in [0.15, 0.2) is 48.5 Å². The number of benzene rings is 2. The summed E-state index contributed by atoms with van der Waals surface area (Å²) in [6.45, 7) is 9.77. The minimum Gasteiger partial charge on any atom is -0.373 e. The number of halogens is 5. The molecule has 0 radical (unpaired) electrons. The van der Waals surface area contributed by atoms with Crippen LogP contribution in [0.25, 0.3) is 6.08 Å². The van der Waals surface area contributed by atoms with E-state index in [0.29, 0.717) is 21.6 Å². The van der Waals surface area contributed by atoms with Crippen molar-refractivity contribution in [3.63, 3.8) is 0 Å². The number of anilines is 1. The van der Waals surface area contributed by atoms with Crippen molar-refractivity contribution in [1.29, 1.82) is 0 Å². The van der Waals surface area contributed by atoms with Crippen LogP contribution in [0.2, 0.25) is 10.0 Å². The number of rotatable bonds is 6. The Kier molecular flexibility index (Phi) is 7.34. The van der Waals surface area contributed by atoms with Crippen molar-refractivity contribution >= 4 is 35.0 Å². The van der Waals surface area contributed by atoms with Gasteiger partial charge in [-0.3, -0.25) is 0 Å². The summed E-state index contributed by atoms with van der Waals surface area (Å²) in [6, 6.07) is 10.00. The van der Waals surface area contributed by atoms with Crippen molar-refractivity contribution in [2.75, 3.05) is 5.32 Å². The normalized spacial score (nSPS) is 13.9. The fourth-order valence-electron chi connectivity index (χ4n) is 3.55. The quantitative estimate of drug-likeness (QED) is 0.369. The van der Waals surface area contributed by atoms with Gasteiger partial charge in [-0.15, -0.1) is 5.10 Å². The molecule has 0 saturated carbocycles. The maximum Gasteiger partial charge on any atom is 0.416 e. The van der Waals surface area contributed by atoms with E-state index in [-0.39, 0.29) is 11.5 Å². The van der Waals surface area contributed by atoms with Gasteiger partial charge in [-0.1, -0.05) is 68.3 Å². The molecule has 0 amide bonds. The van der Waals surface area contributed by atoms with Gasteiger partial charge in [0.1, 0.15) is 0 Å². The van der Waals surface area contributed by atoms with Gasteiger partial charge >= 0.3 is 6.18 Å². The van der Waals surface area contributed by atoms with Crippen LogP contribution in [0, 0.1) is 5.41 Å². The highest BCUT2D eigenvalue weighted by Crippen LogP contribution is 2.36. The third-order valence-electron chi connectivity index (χ3n) is 5.27. The monoisotopic (exact) mass is 511 g/mol. The van der Waals surface area contributed by atoms with Crippen molar-refractivity contribution in [3.05, 3.63) is 75.5 Å². The molecule has 1 unspecified atom stereocenters. The molecular formula is C24H26Cl2F3N5. The van der Waals surface area contributed by atoms with E-state index >= 15 is 0 Å². The van der Waals surface area contributed by atoms with Gasteiger partial charge in [0.2, 0.25) is 0 Å². The van der Waals surface area contributed by atoms with Gasteiger partial charge in [0.25, 0.3) is 0 Å². The van der Waals surface area contributed by atoms with E-state index in [1.165, 1.54) is 6.07 Å². The van der Waals surface area contributed by atoms with E-state index in [9.17, 15) is 13.2 Å². The van der Waals surface area contributed by atoms with Crippen molar-refractivity contribution in [2.45, 2.75) is 52.4 Å². The van der Waals surface area contributed by atoms with Gasteiger partial charge in [-0.2, -0.15) is 13.2 Å². The second kappa shape index (κ2) is 9.58. The molecule has 0 aliphatic rings. The van der Waals surface area contributed by atoms with Crippen LogP contribution in [0.5, 0.6) is 0 Å². The molecule has 0 fully saturated rings. The number of hydrogen-bond donors (Lipinski definition) is 1. The fraction of sp³-hybridized carbons (Fsp3) is 0.375. The van der Waals surface area contributed by atoms with E-state index in [1.54, 1.807) is 22.9 Å². The molecule has 1 aromatic heterocycles. The summed E-state index contributed by atoms with van der Waals surface area (Å²) in [7, 11) is 0. The molecule has 3 rings (SSSR count). The highest BCUT2D eigenvalue weighted by molar-refractivity contribution is 6.35. The number of hydrogen-bond acceptors (Lipinski definition) is 4. The van der Waals surface area contributed by atoms with E-state index in [0.717, 1.165) is 17.7 Å². The molecule has 2 aromatic carbocycles. The van der Waals surface area contributed by atoms with Crippen LogP contribution in [0.3, 0.4) is 0 Å². The lowest BCUT2D eigenvalue weighted by atomic mass is 9.85. The number of allylic oxidation sites excluding steroid dienone is 1. The van der Waals surface area contributed by atoms with Crippen LogP contribution in [-0.2, 0) is 11.7 Å². The molecular weight excluding hydrogens is 486 g/mol. The topological polar surface area (TPSA) is 55.6 Å². The van der Waals surface area contributed by atoms with Crippen molar-refractivity contribution in [3.8, 4) is 0 Å². The third-order valence-corrected chi connectivity index (χ3v) is 5.83. The number of tetrazole rings is 1. The Bertz CT molecular complexity index is 1180. The lowest BCUT2D eigenvalue weighted by Gasteiger charge is -2.33. The largest absolute Gasteiger partial charge is 0.416 e. The molecule has 1 atom stereocenters. The third kappa shape index (κ3) is 6.10. The number of aromatic nitrogens is 4. The van der Waals surface area contributed by atoms with Gasteiger partial charge in [-0.25, -0.2) is 4.68 Å². The molecule has 0 aliphatic heterocycles. The highest BCUT2D eigenvalue weighted by Gasteiger charge is 2.35. The Morgan fingerprint density at radius 2 is 1.71 bits per heavy atom. The lowest BCUT2D eigenvalue weighted by molar-refractivity contribution is -0.137. The number of nitrogens with one attached hydrogen (secondary N) is 1. The van der Waals surface area contributed by atoms with Crippen LogP contribution >= 0.6 is 23.2 Å². The highest BCUT2D eigenvalue weighted by atomic mass is 35.5. The number of alkyl halides is 3. The van der Waals surface area contributed by atoms with Gasteiger partial charge in [0, 0.05) is 15.7 Å². The zero-order valence-corrected chi connectivity index (χ0v) is 21.0. The Balaban J connectivity index is 1.96. The molecule has 1 N–H and O–H groups in total. The van der Waals surface area contributed by atoms with Gasteiger partial charge in [0.05, 0.1) is 17.1 Å². The SMILES string of the molecule is CC(C)(Nc1cccc(C(F)(F)F)c1)c1nnnn1C(C=Cc1ccc(Cl)cc1Cl)C(C)(C)C. The lowest BCUT2D eigenvalue weighted by Crippen LogP contribution is -2.35. The summed E-state index contributed by atoms with van der Waals surface area (Å²) >= 11 is 12.3. The van der Waals surface area contributed by atoms with Crippen molar-refractivity contribution in [2.24, 2.45) is 5.41 Å². The smallest absolute Gasteiger partial charge is 0.373 e. The molecule has 3 aromatic rings. The molecule has 1 heterocycles. The predicted octanol–water partition coefficient (Wildman–Crippen LogP) is 7.65. The standard InChI is InChI=1S/C24H26Cl2F3N5/c1-22(2,3)20(12-10-15-9-11-17(25)14-19(15)26)34-21(31-32-33-34)23(4,5)30-18-8-6-7-16(13-18)24(27,28)29/h6-14,20,30H,1-5H3. The Morgan fingerprint density at radius 1 is 1.00 bits per heavy atom. The summed E-state index contributed by atoms with van der Waals surface area (Å²) < 4.78 is 41.2. The Labute approximate surface area is 207 Å². The summed E-state index contributed by atoms with van der Waals surface area (Å²) in [6.07, 6.45) is -0.600. The van der Waals surface area contributed by atoms with Crippen LogP contribution in [-0.4, -0.2) is 20.2 Å². The van der Waals surface area contributed by atoms with E-state index in [2.05, 4.69) is 20.8 Å². The average molecular weight is 512 g/mol. The average Bonchev–Trinajstić information content (AvgIpc) is 3.18. The Morgan fingerprint density at radius 3 is 2.32 bits per heavy atom. The molecule has 0 spiro atoms. The predicted molar refractivity (Wildman–Crippen MR) is 130 cm³/mol. The number of nitrogens with zero attached hydrogens (tertiary/aromatic N) is 4. The molecule has 0 saturated heterocycles. The zero-order chi connectivity index (χ0) is 25.3.